The number of aliphatic hydroxyl groups is 1. The van der Waals surface area contributed by atoms with Gasteiger partial charge in [-0.15, -0.1) is 0 Å². The van der Waals surface area contributed by atoms with Crippen LogP contribution in [0.4, 0.5) is 10.1 Å². The van der Waals surface area contributed by atoms with Crippen molar-refractivity contribution in [3.05, 3.63) is 58.2 Å². The maximum Gasteiger partial charge on any atom is 0.261 e. The number of phenolic OH excluding ortho intramolecular Hbond substituents is 1. The zero-order valence-electron chi connectivity index (χ0n) is 14.5. The highest BCUT2D eigenvalue weighted by Crippen LogP contribution is 2.42. The summed E-state index contributed by atoms with van der Waals surface area (Å²) in [5.41, 5.74) is 4.57. The van der Waals surface area contributed by atoms with E-state index in [-0.39, 0.29) is 39.9 Å². The highest BCUT2D eigenvalue weighted by atomic mass is 35.5. The number of nitrogens with two attached hydrogens (primary N) is 1. The van der Waals surface area contributed by atoms with Gasteiger partial charge in [0.2, 0.25) is 0 Å². The normalized spacial score (nSPS) is 15.0. The van der Waals surface area contributed by atoms with Crippen LogP contribution in [0.2, 0.25) is 5.02 Å². The lowest BCUT2D eigenvalue weighted by Gasteiger charge is -2.15. The first-order chi connectivity index (χ1) is 13.3. The first-order valence-electron chi connectivity index (χ1n) is 8.27. The SMILES string of the molecule is [C-]#[N+]c1ccc(O)c(C(=O)NC(N)=NCC2(O)CC2)c1-c1cccc(F)c1Cl. The number of guanidine groups is 1. The fraction of sp³-hybridized carbons (Fsp3) is 0.211. The number of aromatic hydroxyl groups is 1. The summed E-state index contributed by atoms with van der Waals surface area (Å²) in [6.07, 6.45) is 1.21. The van der Waals surface area contributed by atoms with Crippen molar-refractivity contribution in [2.75, 3.05) is 6.54 Å². The summed E-state index contributed by atoms with van der Waals surface area (Å²) < 4.78 is 13.9. The summed E-state index contributed by atoms with van der Waals surface area (Å²) in [4.78, 5) is 20.0. The molecular weight excluding hydrogens is 387 g/mol. The summed E-state index contributed by atoms with van der Waals surface area (Å²) >= 11 is 6.03. The van der Waals surface area contributed by atoms with E-state index in [1.54, 1.807) is 0 Å². The van der Waals surface area contributed by atoms with Crippen LogP contribution in [0.15, 0.2) is 35.3 Å². The number of amides is 1. The van der Waals surface area contributed by atoms with Gasteiger partial charge in [-0.25, -0.2) is 9.24 Å². The molecule has 0 aliphatic heterocycles. The Hall–Kier alpha value is -3.15. The second-order valence-corrected chi connectivity index (χ2v) is 6.82. The fourth-order valence-electron chi connectivity index (χ4n) is 2.63. The van der Waals surface area contributed by atoms with Crippen molar-refractivity contribution in [3.8, 4) is 16.9 Å². The smallest absolute Gasteiger partial charge is 0.261 e. The molecule has 1 saturated carbocycles. The summed E-state index contributed by atoms with van der Waals surface area (Å²) in [6, 6.07) is 6.43. The van der Waals surface area contributed by atoms with Gasteiger partial charge in [0.1, 0.15) is 11.6 Å². The number of aliphatic imine (C=N–C) groups is 1. The van der Waals surface area contributed by atoms with Crippen LogP contribution in [0, 0.1) is 12.4 Å². The molecule has 0 heterocycles. The van der Waals surface area contributed by atoms with Crippen LogP contribution in [-0.2, 0) is 0 Å². The van der Waals surface area contributed by atoms with Gasteiger partial charge in [-0.05, 0) is 30.5 Å². The van der Waals surface area contributed by atoms with E-state index in [1.165, 1.54) is 24.3 Å². The van der Waals surface area contributed by atoms with E-state index in [4.69, 9.17) is 23.9 Å². The predicted octanol–water partition coefficient (Wildman–Crippen LogP) is 2.97. The maximum atomic E-state index is 13.9. The standard InChI is InChI=1S/C19H16ClFN4O3/c1-23-12-5-6-13(26)15(14(12)10-3-2-4-11(21)16(10)20)17(27)25-18(22)24-9-19(28)7-8-19/h2-6,26,28H,7-9H2,(H3,22,24,25,27). The molecule has 0 saturated heterocycles. The molecule has 9 heteroatoms. The molecule has 0 atom stereocenters. The molecule has 1 aliphatic carbocycles. The van der Waals surface area contributed by atoms with Gasteiger partial charge in [0.05, 0.1) is 29.3 Å². The highest BCUT2D eigenvalue weighted by molar-refractivity contribution is 6.34. The number of carbonyl (C=O) groups is 1. The monoisotopic (exact) mass is 402 g/mol. The number of hydrogen-bond acceptors (Lipinski definition) is 4. The van der Waals surface area contributed by atoms with Crippen LogP contribution in [0.25, 0.3) is 16.0 Å². The van der Waals surface area contributed by atoms with Crippen molar-refractivity contribution in [3.63, 3.8) is 0 Å². The van der Waals surface area contributed by atoms with Crippen molar-refractivity contribution in [2.24, 2.45) is 10.7 Å². The van der Waals surface area contributed by atoms with Gasteiger partial charge < -0.3 is 15.9 Å². The summed E-state index contributed by atoms with van der Waals surface area (Å²) in [6.45, 7) is 7.39. The lowest BCUT2D eigenvalue weighted by atomic mass is 9.96. The number of hydrogen-bond donors (Lipinski definition) is 4. The molecule has 144 valence electrons. The molecule has 0 spiro atoms. The van der Waals surface area contributed by atoms with Crippen molar-refractivity contribution >= 4 is 29.2 Å². The molecule has 2 aromatic carbocycles. The molecule has 5 N–H and O–H groups in total. The van der Waals surface area contributed by atoms with E-state index >= 15 is 0 Å². The van der Waals surface area contributed by atoms with Crippen LogP contribution in [0.5, 0.6) is 5.75 Å². The van der Waals surface area contributed by atoms with Gasteiger partial charge in [-0.2, -0.15) is 0 Å². The minimum absolute atomic E-state index is 0.00162. The maximum absolute atomic E-state index is 13.9. The minimum atomic E-state index is -0.887. The second kappa shape index (κ2) is 7.46. The molecule has 0 unspecified atom stereocenters. The van der Waals surface area contributed by atoms with E-state index in [1.807, 2.05) is 0 Å². The van der Waals surface area contributed by atoms with E-state index in [2.05, 4.69) is 15.2 Å². The van der Waals surface area contributed by atoms with Gasteiger partial charge in [0.25, 0.3) is 5.91 Å². The van der Waals surface area contributed by atoms with Crippen LogP contribution in [0.1, 0.15) is 23.2 Å². The number of benzene rings is 2. The largest absolute Gasteiger partial charge is 0.507 e. The molecule has 2 aromatic rings. The van der Waals surface area contributed by atoms with E-state index < -0.39 is 23.1 Å². The number of carbonyl (C=O) groups excluding carboxylic acids is 1. The lowest BCUT2D eigenvalue weighted by Crippen LogP contribution is -2.38. The zero-order chi connectivity index (χ0) is 20.5. The minimum Gasteiger partial charge on any atom is -0.507 e. The number of nitrogens with one attached hydrogen (secondary N) is 1. The third kappa shape index (κ3) is 3.91. The third-order valence-corrected chi connectivity index (χ3v) is 4.73. The molecule has 0 radical (unpaired) electrons. The lowest BCUT2D eigenvalue weighted by molar-refractivity contribution is 0.0974. The first kappa shape index (κ1) is 19.6. The molecule has 1 fully saturated rings. The van der Waals surface area contributed by atoms with Crippen molar-refractivity contribution in [2.45, 2.75) is 18.4 Å². The van der Waals surface area contributed by atoms with Gasteiger partial charge in [-0.3, -0.25) is 15.1 Å². The molecule has 0 aromatic heterocycles. The Kier molecular flexibility index (Phi) is 5.23. The van der Waals surface area contributed by atoms with Gasteiger partial charge >= 0.3 is 0 Å². The van der Waals surface area contributed by atoms with Crippen molar-refractivity contribution in [1.82, 2.24) is 5.32 Å². The quantitative estimate of drug-likeness (QED) is 0.358. The third-order valence-electron chi connectivity index (χ3n) is 4.34. The number of halogens is 2. The van der Waals surface area contributed by atoms with Crippen molar-refractivity contribution in [1.29, 1.82) is 0 Å². The zero-order valence-corrected chi connectivity index (χ0v) is 15.3. The Balaban J connectivity index is 2.04. The second-order valence-electron chi connectivity index (χ2n) is 6.45. The van der Waals surface area contributed by atoms with Gasteiger partial charge in [0.15, 0.2) is 11.6 Å². The molecule has 28 heavy (non-hydrogen) atoms. The highest BCUT2D eigenvalue weighted by Gasteiger charge is 2.40. The van der Waals surface area contributed by atoms with Crippen LogP contribution >= 0.6 is 11.6 Å². The molecule has 7 nitrogen and oxygen atoms in total. The molecule has 1 amide bonds. The Labute approximate surface area is 165 Å². The summed E-state index contributed by atoms with van der Waals surface area (Å²) in [5.74, 6) is -2.27. The Bertz CT molecular complexity index is 1030. The molecule has 0 bridgehead atoms. The number of nitrogens with zero attached hydrogens (tertiary/aromatic N) is 2. The summed E-state index contributed by atoms with van der Waals surface area (Å²) in [5, 5.41) is 22.1. The number of rotatable bonds is 4. The average Bonchev–Trinajstić information content (AvgIpc) is 3.40. The Morgan fingerprint density at radius 1 is 1.39 bits per heavy atom. The van der Waals surface area contributed by atoms with E-state index in [0.717, 1.165) is 6.07 Å². The topological polar surface area (TPSA) is 112 Å². The predicted molar refractivity (Wildman–Crippen MR) is 103 cm³/mol. The molecular formula is C19H16ClFN4O3. The van der Waals surface area contributed by atoms with Crippen LogP contribution in [-0.4, -0.2) is 34.2 Å². The van der Waals surface area contributed by atoms with Gasteiger partial charge in [0, 0.05) is 5.56 Å². The number of phenols is 1. The molecule has 1 aliphatic rings. The fourth-order valence-corrected chi connectivity index (χ4v) is 2.85. The van der Waals surface area contributed by atoms with Crippen LogP contribution in [0.3, 0.4) is 0 Å². The average molecular weight is 403 g/mol. The first-order valence-corrected chi connectivity index (χ1v) is 8.65. The van der Waals surface area contributed by atoms with Crippen molar-refractivity contribution < 1.29 is 19.4 Å². The Morgan fingerprint density at radius 3 is 2.75 bits per heavy atom. The van der Waals surface area contributed by atoms with E-state index in [9.17, 15) is 19.4 Å². The Morgan fingerprint density at radius 2 is 2.11 bits per heavy atom. The van der Waals surface area contributed by atoms with Gasteiger partial charge in [-0.1, -0.05) is 29.8 Å². The van der Waals surface area contributed by atoms with Crippen LogP contribution < -0.4 is 11.1 Å². The summed E-state index contributed by atoms with van der Waals surface area (Å²) in [7, 11) is 0. The molecule has 3 rings (SSSR count). The van der Waals surface area contributed by atoms with E-state index in [0.29, 0.717) is 12.8 Å².